The van der Waals surface area contributed by atoms with Crippen LogP contribution in [0.5, 0.6) is 0 Å². The van der Waals surface area contributed by atoms with Gasteiger partial charge in [-0.25, -0.2) is 6.57 Å². The van der Waals surface area contributed by atoms with Gasteiger partial charge < -0.3 is 10.6 Å². The number of hydrogen-bond donors (Lipinski definition) is 2. The quantitative estimate of drug-likeness (QED) is 0.610. The third kappa shape index (κ3) is 3.97. The third-order valence-electron chi connectivity index (χ3n) is 3.37. The van der Waals surface area contributed by atoms with E-state index in [0.717, 1.165) is 38.2 Å². The van der Waals surface area contributed by atoms with Gasteiger partial charge in [0.2, 0.25) is 5.91 Å². The topological polar surface area (TPSA) is 48.7 Å². The molecule has 0 unspecified atom stereocenters. The molecule has 1 atom stereocenters. The van der Waals surface area contributed by atoms with Crippen LogP contribution in [0.1, 0.15) is 12.8 Å². The van der Waals surface area contributed by atoms with Gasteiger partial charge in [-0.2, -0.15) is 0 Å². The Balaban J connectivity index is 1.61. The highest BCUT2D eigenvalue weighted by molar-refractivity contribution is 5.79. The summed E-state index contributed by atoms with van der Waals surface area (Å²) < 4.78 is 0. The summed E-state index contributed by atoms with van der Waals surface area (Å²) >= 11 is 0. The van der Waals surface area contributed by atoms with Gasteiger partial charge in [0, 0.05) is 31.7 Å². The van der Waals surface area contributed by atoms with Gasteiger partial charge in [-0.05, 0) is 18.6 Å². The average Bonchev–Trinajstić information content (AvgIpc) is 2.96. The van der Waals surface area contributed by atoms with Crippen LogP contribution in [0.2, 0.25) is 0 Å². The van der Waals surface area contributed by atoms with E-state index >= 15 is 0 Å². The van der Waals surface area contributed by atoms with Crippen molar-refractivity contribution in [2.75, 3.05) is 31.5 Å². The number of amides is 1. The molecular formula is C15H20N4O. The van der Waals surface area contributed by atoms with Crippen molar-refractivity contribution in [3.8, 4) is 0 Å². The lowest BCUT2D eigenvalue weighted by molar-refractivity contribution is -0.130. The van der Waals surface area contributed by atoms with Crippen molar-refractivity contribution in [3.63, 3.8) is 0 Å². The van der Waals surface area contributed by atoms with E-state index in [1.807, 2.05) is 30.3 Å². The summed E-state index contributed by atoms with van der Waals surface area (Å²) in [5.41, 5.74) is 1.08. The van der Waals surface area contributed by atoms with Gasteiger partial charge >= 0.3 is 6.17 Å². The second-order valence-electron chi connectivity index (χ2n) is 4.81. The smallest absolute Gasteiger partial charge is 0.300 e. The van der Waals surface area contributed by atoms with Crippen molar-refractivity contribution in [2.45, 2.75) is 19.0 Å². The molecule has 0 aliphatic carbocycles. The van der Waals surface area contributed by atoms with Crippen LogP contribution in [0.4, 0.5) is 5.69 Å². The van der Waals surface area contributed by atoms with Crippen molar-refractivity contribution in [2.24, 2.45) is 0 Å². The molecular weight excluding hydrogens is 252 g/mol. The lowest BCUT2D eigenvalue weighted by Crippen LogP contribution is -2.40. The maximum absolute atomic E-state index is 11.9. The van der Waals surface area contributed by atoms with E-state index in [1.54, 1.807) is 4.90 Å². The number of nitrogens with zero attached hydrogens (tertiary/aromatic N) is 2. The number of para-hydroxylation sites is 1. The standard InChI is InChI=1S/C15H20N4O/c1-16-14-8-5-11-19(14)15(20)12-17-9-10-18-13-6-3-2-4-7-13/h2-4,6-7,14,17-18H,5,8-12H2/t14-/m0/s1. The molecule has 5 heteroatoms. The number of nitrogens with one attached hydrogen (secondary N) is 2. The van der Waals surface area contributed by atoms with Crippen molar-refractivity contribution < 1.29 is 4.79 Å². The molecule has 106 valence electrons. The summed E-state index contributed by atoms with van der Waals surface area (Å²) in [6, 6.07) is 9.96. The first kappa shape index (κ1) is 14.4. The van der Waals surface area contributed by atoms with E-state index in [-0.39, 0.29) is 12.1 Å². The Kier molecular flexibility index (Phi) is 5.39. The lowest BCUT2D eigenvalue weighted by atomic mass is 10.3. The van der Waals surface area contributed by atoms with Crippen molar-refractivity contribution >= 4 is 11.6 Å². The monoisotopic (exact) mass is 272 g/mol. The zero-order valence-corrected chi connectivity index (χ0v) is 11.5. The minimum atomic E-state index is -0.244. The molecule has 0 radical (unpaired) electrons. The highest BCUT2D eigenvalue weighted by Gasteiger charge is 2.32. The van der Waals surface area contributed by atoms with E-state index in [0.29, 0.717) is 6.54 Å². The van der Waals surface area contributed by atoms with Crippen molar-refractivity contribution in [3.05, 3.63) is 41.7 Å². The second kappa shape index (κ2) is 7.51. The number of likely N-dealkylation sites (tertiary alicyclic amines) is 1. The number of benzene rings is 1. The Morgan fingerprint density at radius 2 is 2.15 bits per heavy atom. The molecule has 1 aliphatic rings. The maximum atomic E-state index is 11.9. The predicted octanol–water partition coefficient (Wildman–Crippen LogP) is 1.56. The molecule has 1 fully saturated rings. The molecule has 20 heavy (non-hydrogen) atoms. The highest BCUT2D eigenvalue weighted by atomic mass is 16.2. The SMILES string of the molecule is [C-]#[N+][C@@H]1CCCN1C(=O)CNCCNc1ccccc1. The van der Waals surface area contributed by atoms with Gasteiger partial charge in [0.15, 0.2) is 0 Å². The van der Waals surface area contributed by atoms with Gasteiger partial charge in [-0.15, -0.1) is 0 Å². The zero-order chi connectivity index (χ0) is 14.2. The molecule has 0 saturated carbocycles. The molecule has 2 N–H and O–H groups in total. The predicted molar refractivity (Wildman–Crippen MR) is 79.1 cm³/mol. The summed E-state index contributed by atoms with van der Waals surface area (Å²) in [6.45, 7) is 9.58. The molecule has 1 aromatic rings. The molecule has 0 spiro atoms. The second-order valence-corrected chi connectivity index (χ2v) is 4.81. The largest absolute Gasteiger partial charge is 0.384 e. The zero-order valence-electron chi connectivity index (χ0n) is 11.5. The van der Waals surface area contributed by atoms with Crippen LogP contribution in [-0.4, -0.2) is 43.2 Å². The molecule has 2 rings (SSSR count). The highest BCUT2D eigenvalue weighted by Crippen LogP contribution is 2.17. The summed E-state index contributed by atoms with van der Waals surface area (Å²) in [4.78, 5) is 17.1. The van der Waals surface area contributed by atoms with Crippen LogP contribution >= 0.6 is 0 Å². The van der Waals surface area contributed by atoms with E-state index in [2.05, 4.69) is 15.5 Å². The Morgan fingerprint density at radius 1 is 1.35 bits per heavy atom. The van der Waals surface area contributed by atoms with Gasteiger partial charge in [0.1, 0.15) is 0 Å². The van der Waals surface area contributed by atoms with Crippen LogP contribution in [0.3, 0.4) is 0 Å². The Bertz CT molecular complexity index is 469. The van der Waals surface area contributed by atoms with E-state index in [4.69, 9.17) is 6.57 Å². The number of rotatable bonds is 6. The first-order valence-electron chi connectivity index (χ1n) is 6.97. The Labute approximate surface area is 119 Å². The molecule has 1 saturated heterocycles. The van der Waals surface area contributed by atoms with Crippen LogP contribution in [-0.2, 0) is 4.79 Å². The normalized spacial score (nSPS) is 17.8. The van der Waals surface area contributed by atoms with Crippen LogP contribution in [0.15, 0.2) is 30.3 Å². The lowest BCUT2D eigenvalue weighted by Gasteiger charge is -2.16. The summed E-state index contributed by atoms with van der Waals surface area (Å²) in [5.74, 6) is 0.0308. The van der Waals surface area contributed by atoms with Gasteiger partial charge in [-0.3, -0.25) is 14.5 Å². The first-order valence-corrected chi connectivity index (χ1v) is 6.97. The van der Waals surface area contributed by atoms with Gasteiger partial charge in [0.05, 0.1) is 6.54 Å². The molecule has 1 aromatic carbocycles. The minimum Gasteiger partial charge on any atom is -0.384 e. The number of carbonyl (C=O) groups excluding carboxylic acids is 1. The fourth-order valence-electron chi connectivity index (χ4n) is 2.32. The van der Waals surface area contributed by atoms with Gasteiger partial charge in [-0.1, -0.05) is 18.2 Å². The molecule has 1 amide bonds. The van der Waals surface area contributed by atoms with Crippen molar-refractivity contribution in [1.82, 2.24) is 10.2 Å². The number of hydrogen-bond acceptors (Lipinski definition) is 3. The van der Waals surface area contributed by atoms with Crippen LogP contribution < -0.4 is 10.6 Å². The summed E-state index contributed by atoms with van der Waals surface area (Å²) in [6.07, 6.45) is 1.51. The van der Waals surface area contributed by atoms with Crippen LogP contribution in [0.25, 0.3) is 4.85 Å². The number of carbonyl (C=O) groups is 1. The van der Waals surface area contributed by atoms with Gasteiger partial charge in [0.25, 0.3) is 0 Å². The minimum absolute atomic E-state index is 0.0308. The Hall–Kier alpha value is -2.06. The fraction of sp³-hybridized carbons (Fsp3) is 0.467. The first-order chi connectivity index (χ1) is 9.81. The Morgan fingerprint density at radius 3 is 2.90 bits per heavy atom. The molecule has 5 nitrogen and oxygen atoms in total. The van der Waals surface area contributed by atoms with Crippen LogP contribution in [0, 0.1) is 6.57 Å². The molecule has 1 heterocycles. The average molecular weight is 272 g/mol. The van der Waals surface area contributed by atoms with E-state index in [1.165, 1.54) is 0 Å². The maximum Gasteiger partial charge on any atom is 0.300 e. The van der Waals surface area contributed by atoms with E-state index in [9.17, 15) is 4.79 Å². The third-order valence-corrected chi connectivity index (χ3v) is 3.37. The molecule has 0 bridgehead atoms. The molecule has 0 aromatic heterocycles. The van der Waals surface area contributed by atoms with Crippen molar-refractivity contribution in [1.29, 1.82) is 0 Å². The summed E-state index contributed by atoms with van der Waals surface area (Å²) in [7, 11) is 0. The molecule has 1 aliphatic heterocycles. The fourth-order valence-corrected chi connectivity index (χ4v) is 2.32. The number of anilines is 1. The van der Waals surface area contributed by atoms with E-state index < -0.39 is 0 Å². The summed E-state index contributed by atoms with van der Waals surface area (Å²) in [5, 5.41) is 6.39.